The molecule has 0 saturated heterocycles. The van der Waals surface area contributed by atoms with Crippen molar-refractivity contribution in [3.63, 3.8) is 0 Å². The van der Waals surface area contributed by atoms with Crippen LogP contribution in [0.15, 0.2) is 47.4 Å². The third-order valence-electron chi connectivity index (χ3n) is 2.00. The molecule has 2 aromatic rings. The topological polar surface area (TPSA) is 37.3 Å². The molecule has 16 heavy (non-hydrogen) atoms. The van der Waals surface area contributed by atoms with Crippen LogP contribution < -0.4 is 0 Å². The number of benzene rings is 1. The molecule has 1 heterocycles. The molecule has 0 radical (unpaired) electrons. The number of thioether (sulfide) groups is 1. The molecule has 0 saturated carbocycles. The number of hydrogen-bond donors (Lipinski definition) is 1. The molecule has 4 heteroatoms. The van der Waals surface area contributed by atoms with Crippen molar-refractivity contribution in [1.82, 2.24) is 0 Å². The van der Waals surface area contributed by atoms with Crippen molar-refractivity contribution in [2.75, 3.05) is 0 Å². The van der Waals surface area contributed by atoms with E-state index in [0.717, 1.165) is 10.6 Å². The molecule has 0 spiro atoms. The first-order valence-corrected chi connectivity index (χ1v) is 6.56. The van der Waals surface area contributed by atoms with Gasteiger partial charge >= 0.3 is 5.97 Å². The molecule has 0 unspecified atom stereocenters. The van der Waals surface area contributed by atoms with Gasteiger partial charge in [-0.25, -0.2) is 4.79 Å². The number of hydrogen-bond acceptors (Lipinski definition) is 3. The van der Waals surface area contributed by atoms with Crippen LogP contribution in [0.5, 0.6) is 0 Å². The Hall–Kier alpha value is -1.26. The molecular weight excluding hydrogens is 240 g/mol. The molecule has 0 amide bonds. The molecule has 1 N–H and O–H groups in total. The molecule has 0 aliphatic rings. The van der Waals surface area contributed by atoms with E-state index in [0.29, 0.717) is 4.88 Å². The van der Waals surface area contributed by atoms with Gasteiger partial charge in [0.25, 0.3) is 0 Å². The van der Waals surface area contributed by atoms with Crippen LogP contribution in [0.1, 0.15) is 14.5 Å². The van der Waals surface area contributed by atoms with Crippen molar-refractivity contribution in [2.45, 2.75) is 10.6 Å². The minimum Gasteiger partial charge on any atom is -0.477 e. The van der Waals surface area contributed by atoms with Gasteiger partial charge in [-0.3, -0.25) is 0 Å². The van der Waals surface area contributed by atoms with Crippen molar-refractivity contribution in [1.29, 1.82) is 0 Å². The van der Waals surface area contributed by atoms with Crippen LogP contribution in [0.25, 0.3) is 0 Å². The number of carboxylic acids is 1. The zero-order valence-corrected chi connectivity index (χ0v) is 10.1. The molecule has 0 aliphatic heterocycles. The van der Waals surface area contributed by atoms with Gasteiger partial charge in [0, 0.05) is 15.5 Å². The van der Waals surface area contributed by atoms with E-state index in [1.165, 1.54) is 16.2 Å². The monoisotopic (exact) mass is 250 g/mol. The van der Waals surface area contributed by atoms with Gasteiger partial charge in [0.05, 0.1) is 0 Å². The molecule has 82 valence electrons. The first kappa shape index (κ1) is 11.2. The highest BCUT2D eigenvalue weighted by atomic mass is 32.2. The molecule has 0 atom stereocenters. The van der Waals surface area contributed by atoms with Crippen molar-refractivity contribution in [3.8, 4) is 0 Å². The van der Waals surface area contributed by atoms with Gasteiger partial charge in [0.2, 0.25) is 0 Å². The van der Waals surface area contributed by atoms with Gasteiger partial charge in [-0.15, -0.1) is 23.1 Å². The van der Waals surface area contributed by atoms with E-state index in [1.807, 2.05) is 24.3 Å². The summed E-state index contributed by atoms with van der Waals surface area (Å²) in [6.45, 7) is 0. The van der Waals surface area contributed by atoms with Crippen LogP contribution in [-0.2, 0) is 5.75 Å². The van der Waals surface area contributed by atoms with Crippen LogP contribution in [0.4, 0.5) is 0 Å². The van der Waals surface area contributed by atoms with Crippen molar-refractivity contribution < 1.29 is 9.90 Å². The Bertz CT molecular complexity index is 477. The van der Waals surface area contributed by atoms with E-state index in [2.05, 4.69) is 12.1 Å². The van der Waals surface area contributed by atoms with Crippen LogP contribution in [0.2, 0.25) is 0 Å². The molecule has 1 aromatic carbocycles. The molecule has 1 aromatic heterocycles. The highest BCUT2D eigenvalue weighted by Crippen LogP contribution is 2.26. The second kappa shape index (κ2) is 5.18. The summed E-state index contributed by atoms with van der Waals surface area (Å²) in [6.07, 6.45) is 0. The molecule has 2 nitrogen and oxygen atoms in total. The van der Waals surface area contributed by atoms with E-state index in [1.54, 1.807) is 17.8 Å². The Labute approximate surface area is 102 Å². The number of aromatic carboxylic acids is 1. The number of carboxylic acid groups (broad SMARTS) is 1. The fourth-order valence-corrected chi connectivity index (χ4v) is 3.05. The average Bonchev–Trinajstić information content (AvgIpc) is 2.76. The zero-order valence-electron chi connectivity index (χ0n) is 8.42. The summed E-state index contributed by atoms with van der Waals surface area (Å²) in [6, 6.07) is 13.6. The molecule has 0 aliphatic carbocycles. The zero-order chi connectivity index (χ0) is 11.4. The van der Waals surface area contributed by atoms with E-state index in [4.69, 9.17) is 5.11 Å². The van der Waals surface area contributed by atoms with E-state index >= 15 is 0 Å². The van der Waals surface area contributed by atoms with Crippen LogP contribution in [-0.4, -0.2) is 11.1 Å². The maximum absolute atomic E-state index is 10.7. The van der Waals surface area contributed by atoms with Gasteiger partial charge in [-0.1, -0.05) is 18.2 Å². The molecule has 0 bridgehead atoms. The minimum atomic E-state index is -0.846. The highest BCUT2D eigenvalue weighted by molar-refractivity contribution is 7.98. The van der Waals surface area contributed by atoms with Gasteiger partial charge in [-0.2, -0.15) is 0 Å². The van der Waals surface area contributed by atoms with E-state index < -0.39 is 5.97 Å². The maximum Gasteiger partial charge on any atom is 0.345 e. The largest absolute Gasteiger partial charge is 0.477 e. The predicted octanol–water partition coefficient (Wildman–Crippen LogP) is 3.74. The van der Waals surface area contributed by atoms with Crippen molar-refractivity contribution in [2.24, 2.45) is 0 Å². The second-order valence-electron chi connectivity index (χ2n) is 3.17. The van der Waals surface area contributed by atoms with Crippen molar-refractivity contribution in [3.05, 3.63) is 52.2 Å². The fraction of sp³-hybridized carbons (Fsp3) is 0.0833. The lowest BCUT2D eigenvalue weighted by Gasteiger charge is -1.98. The number of thiophene rings is 1. The van der Waals surface area contributed by atoms with Gasteiger partial charge in [0.1, 0.15) is 4.88 Å². The summed E-state index contributed by atoms with van der Waals surface area (Å²) < 4.78 is 0. The maximum atomic E-state index is 10.7. The van der Waals surface area contributed by atoms with Crippen LogP contribution in [0.3, 0.4) is 0 Å². The van der Waals surface area contributed by atoms with Crippen molar-refractivity contribution >= 4 is 29.1 Å². The smallest absolute Gasteiger partial charge is 0.345 e. The average molecular weight is 250 g/mol. The van der Waals surface area contributed by atoms with Gasteiger partial charge in [-0.05, 0) is 24.3 Å². The Morgan fingerprint density at radius 1 is 1.19 bits per heavy atom. The van der Waals surface area contributed by atoms with Gasteiger partial charge < -0.3 is 5.11 Å². The van der Waals surface area contributed by atoms with Crippen LogP contribution >= 0.6 is 23.1 Å². The summed E-state index contributed by atoms with van der Waals surface area (Å²) in [7, 11) is 0. The summed E-state index contributed by atoms with van der Waals surface area (Å²) in [5.41, 5.74) is 0. The first-order valence-electron chi connectivity index (χ1n) is 4.75. The predicted molar refractivity (Wildman–Crippen MR) is 67.3 cm³/mol. The standard InChI is InChI=1S/C12H10O2S2/c13-12(14)11-7-6-10(16-11)8-15-9-4-2-1-3-5-9/h1-7H,8H2,(H,13,14). The summed E-state index contributed by atoms with van der Waals surface area (Å²) in [5.74, 6) is -0.0249. The normalized spacial score (nSPS) is 10.2. The SMILES string of the molecule is O=C(O)c1ccc(CSc2ccccc2)s1. The number of carbonyl (C=O) groups is 1. The summed E-state index contributed by atoms with van der Waals surface area (Å²) in [4.78, 5) is 13.4. The minimum absolute atomic E-state index is 0.406. The third-order valence-corrected chi connectivity index (χ3v) is 4.31. The Morgan fingerprint density at radius 3 is 2.56 bits per heavy atom. The highest BCUT2D eigenvalue weighted by Gasteiger charge is 2.06. The van der Waals surface area contributed by atoms with E-state index in [9.17, 15) is 4.79 Å². The first-order chi connectivity index (χ1) is 7.75. The quantitative estimate of drug-likeness (QED) is 0.840. The van der Waals surface area contributed by atoms with E-state index in [-0.39, 0.29) is 0 Å². The summed E-state index contributed by atoms with van der Waals surface area (Å²) >= 11 is 3.06. The molecule has 2 rings (SSSR count). The Kier molecular flexibility index (Phi) is 3.64. The fourth-order valence-electron chi connectivity index (χ4n) is 1.24. The number of rotatable bonds is 4. The Balaban J connectivity index is 1.97. The van der Waals surface area contributed by atoms with Crippen LogP contribution in [0, 0.1) is 0 Å². The second-order valence-corrected chi connectivity index (χ2v) is 5.39. The lowest BCUT2D eigenvalue weighted by molar-refractivity contribution is 0.0702. The lowest BCUT2D eigenvalue weighted by atomic mass is 10.4. The molecule has 0 fully saturated rings. The van der Waals surface area contributed by atoms with Gasteiger partial charge in [0.15, 0.2) is 0 Å². The Morgan fingerprint density at radius 2 is 1.94 bits per heavy atom. The third kappa shape index (κ3) is 2.87. The summed E-state index contributed by atoms with van der Waals surface area (Å²) in [5, 5.41) is 8.79. The lowest BCUT2D eigenvalue weighted by Crippen LogP contribution is -1.89. The molecular formula is C12H10O2S2.